The molecule has 1 aromatic heterocycles. The van der Waals surface area contributed by atoms with Gasteiger partial charge in [-0.05, 0) is 43.9 Å². The number of hydrogen-bond donors (Lipinski definition) is 1. The number of aryl methyl sites for hydroxylation is 2. The van der Waals surface area contributed by atoms with Crippen LogP contribution in [0.4, 0.5) is 5.69 Å². The van der Waals surface area contributed by atoms with Gasteiger partial charge < -0.3 is 4.90 Å². The van der Waals surface area contributed by atoms with E-state index in [2.05, 4.69) is 50.9 Å². The van der Waals surface area contributed by atoms with Crippen LogP contribution in [0.2, 0.25) is 0 Å². The Bertz CT molecular complexity index is 1050. The smallest absolute Gasteiger partial charge is 0.259 e. The summed E-state index contributed by atoms with van der Waals surface area (Å²) in [5.74, 6) is -0.116. The van der Waals surface area contributed by atoms with E-state index in [1.165, 1.54) is 11.1 Å². The molecule has 0 saturated heterocycles. The molecule has 1 N–H and O–H groups in total. The molecule has 6 nitrogen and oxygen atoms in total. The van der Waals surface area contributed by atoms with E-state index in [9.17, 15) is 4.79 Å². The number of anilines is 1. The summed E-state index contributed by atoms with van der Waals surface area (Å²) in [5.41, 5.74) is 9.18. The molecule has 154 valence electrons. The summed E-state index contributed by atoms with van der Waals surface area (Å²) in [5, 5.41) is 8.83. The van der Waals surface area contributed by atoms with Gasteiger partial charge in [-0.25, -0.2) is 5.43 Å². The molecule has 0 fully saturated rings. The Labute approximate surface area is 177 Å². The highest BCUT2D eigenvalue weighted by Gasteiger charge is 2.18. The van der Waals surface area contributed by atoms with E-state index >= 15 is 0 Å². The Morgan fingerprint density at radius 2 is 1.90 bits per heavy atom. The molecule has 0 bridgehead atoms. The van der Waals surface area contributed by atoms with Crippen molar-refractivity contribution in [2.75, 3.05) is 18.0 Å². The molecule has 30 heavy (non-hydrogen) atoms. The van der Waals surface area contributed by atoms with Gasteiger partial charge in [-0.2, -0.15) is 10.2 Å². The summed E-state index contributed by atoms with van der Waals surface area (Å²) in [6.07, 6.45) is 3.83. The lowest BCUT2D eigenvalue weighted by Gasteiger charge is -2.30. The van der Waals surface area contributed by atoms with Crippen LogP contribution in [0.1, 0.15) is 34.5 Å². The van der Waals surface area contributed by atoms with Crippen LogP contribution in [0.15, 0.2) is 59.7 Å². The normalized spacial score (nSPS) is 13.5. The highest BCUT2D eigenvalue weighted by atomic mass is 16.2. The third-order valence-electron chi connectivity index (χ3n) is 5.54. The Kier molecular flexibility index (Phi) is 5.93. The number of carbonyl (C=O) groups is 1. The Morgan fingerprint density at radius 3 is 2.73 bits per heavy atom. The van der Waals surface area contributed by atoms with E-state index in [4.69, 9.17) is 0 Å². The number of benzene rings is 2. The minimum Gasteiger partial charge on any atom is -0.362 e. The van der Waals surface area contributed by atoms with E-state index in [0.717, 1.165) is 42.0 Å². The van der Waals surface area contributed by atoms with Gasteiger partial charge in [0.2, 0.25) is 0 Å². The molecule has 4 rings (SSSR count). The molecule has 0 aliphatic carbocycles. The molecular formula is C24H27N5O. The number of nitrogens with zero attached hydrogens (tertiary/aromatic N) is 4. The largest absolute Gasteiger partial charge is 0.362 e. The van der Waals surface area contributed by atoms with Crippen molar-refractivity contribution in [2.24, 2.45) is 5.10 Å². The maximum atomic E-state index is 12.4. The molecule has 0 saturated carbocycles. The average Bonchev–Trinajstić information content (AvgIpc) is 3.02. The second-order valence-electron chi connectivity index (χ2n) is 7.67. The summed E-state index contributed by atoms with van der Waals surface area (Å²) in [6, 6.07) is 18.5. The lowest BCUT2D eigenvalue weighted by molar-refractivity contribution is -0.119. The fraction of sp³-hybridized carbons (Fsp3) is 0.292. The number of nitrogens with one attached hydrogen (secondary N) is 1. The number of hydrogen-bond acceptors (Lipinski definition) is 4. The second-order valence-corrected chi connectivity index (χ2v) is 7.67. The molecule has 0 spiro atoms. The molecule has 0 atom stereocenters. The van der Waals surface area contributed by atoms with Crippen molar-refractivity contribution in [3.63, 3.8) is 0 Å². The van der Waals surface area contributed by atoms with Crippen molar-refractivity contribution in [1.82, 2.24) is 15.2 Å². The van der Waals surface area contributed by atoms with Gasteiger partial charge in [0.05, 0.1) is 25.0 Å². The molecule has 6 heteroatoms. The van der Waals surface area contributed by atoms with Crippen molar-refractivity contribution in [3.05, 3.63) is 82.7 Å². The quantitative estimate of drug-likeness (QED) is 0.508. The summed E-state index contributed by atoms with van der Waals surface area (Å²) < 4.78 is 1.97. The third-order valence-corrected chi connectivity index (χ3v) is 5.54. The summed E-state index contributed by atoms with van der Waals surface area (Å²) in [6.45, 7) is 5.89. The molecule has 1 aliphatic heterocycles. The van der Waals surface area contributed by atoms with E-state index in [0.29, 0.717) is 13.1 Å². The maximum Gasteiger partial charge on any atom is 0.259 e. The van der Waals surface area contributed by atoms with Crippen LogP contribution in [0.25, 0.3) is 0 Å². The van der Waals surface area contributed by atoms with Gasteiger partial charge in [-0.15, -0.1) is 0 Å². The SMILES string of the molecule is Cc1nn(Cc2ccccc2)c(C)c1/C=N/NC(=O)CN1CCCc2ccccc21. The second kappa shape index (κ2) is 8.95. The van der Waals surface area contributed by atoms with Crippen molar-refractivity contribution < 1.29 is 4.79 Å². The zero-order valence-electron chi connectivity index (χ0n) is 17.5. The van der Waals surface area contributed by atoms with Crippen LogP contribution in [-0.4, -0.2) is 35.0 Å². The fourth-order valence-corrected chi connectivity index (χ4v) is 3.96. The van der Waals surface area contributed by atoms with Crippen LogP contribution in [0.3, 0.4) is 0 Å². The predicted octanol–water partition coefficient (Wildman–Crippen LogP) is 3.45. The molecule has 2 aromatic carbocycles. The number of rotatable bonds is 6. The fourth-order valence-electron chi connectivity index (χ4n) is 3.96. The zero-order chi connectivity index (χ0) is 20.9. The number of aromatic nitrogens is 2. The van der Waals surface area contributed by atoms with Gasteiger partial charge in [0.1, 0.15) is 0 Å². The first kappa shape index (κ1) is 19.9. The van der Waals surface area contributed by atoms with E-state index in [1.54, 1.807) is 6.21 Å². The molecule has 0 radical (unpaired) electrons. The number of amides is 1. The van der Waals surface area contributed by atoms with E-state index in [-0.39, 0.29) is 5.91 Å². The highest BCUT2D eigenvalue weighted by Crippen LogP contribution is 2.26. The Balaban J connectivity index is 1.38. The van der Waals surface area contributed by atoms with Crippen LogP contribution < -0.4 is 10.3 Å². The van der Waals surface area contributed by atoms with Crippen molar-refractivity contribution >= 4 is 17.8 Å². The molecule has 0 unspecified atom stereocenters. The van der Waals surface area contributed by atoms with Gasteiger partial charge in [-0.1, -0.05) is 48.5 Å². The Morgan fingerprint density at radius 1 is 1.13 bits per heavy atom. The van der Waals surface area contributed by atoms with Gasteiger partial charge >= 0.3 is 0 Å². The van der Waals surface area contributed by atoms with Gasteiger partial charge in [0.15, 0.2) is 0 Å². The molecule has 3 aromatic rings. The minimum atomic E-state index is -0.116. The zero-order valence-corrected chi connectivity index (χ0v) is 17.5. The topological polar surface area (TPSA) is 62.5 Å². The molecule has 2 heterocycles. The van der Waals surface area contributed by atoms with Crippen LogP contribution >= 0.6 is 0 Å². The van der Waals surface area contributed by atoms with Gasteiger partial charge in [0, 0.05) is 23.5 Å². The number of carbonyl (C=O) groups excluding carboxylic acids is 1. The number of fused-ring (bicyclic) bond motifs is 1. The molecular weight excluding hydrogens is 374 g/mol. The lowest BCUT2D eigenvalue weighted by atomic mass is 10.0. The summed E-state index contributed by atoms with van der Waals surface area (Å²) in [7, 11) is 0. The minimum absolute atomic E-state index is 0.116. The maximum absolute atomic E-state index is 12.4. The first-order valence-corrected chi connectivity index (χ1v) is 10.3. The van der Waals surface area contributed by atoms with E-state index < -0.39 is 0 Å². The van der Waals surface area contributed by atoms with Crippen LogP contribution in [0.5, 0.6) is 0 Å². The van der Waals surface area contributed by atoms with Crippen molar-refractivity contribution in [1.29, 1.82) is 0 Å². The molecule has 1 amide bonds. The molecule has 1 aliphatic rings. The van der Waals surface area contributed by atoms with Gasteiger partial charge in [-0.3, -0.25) is 9.48 Å². The highest BCUT2D eigenvalue weighted by molar-refractivity contribution is 5.86. The first-order chi connectivity index (χ1) is 14.6. The Hall–Kier alpha value is -3.41. The number of para-hydroxylation sites is 1. The van der Waals surface area contributed by atoms with Crippen molar-refractivity contribution in [3.8, 4) is 0 Å². The monoisotopic (exact) mass is 401 g/mol. The van der Waals surface area contributed by atoms with E-state index in [1.807, 2.05) is 42.8 Å². The van der Waals surface area contributed by atoms with Crippen molar-refractivity contribution in [2.45, 2.75) is 33.2 Å². The standard InChI is InChI=1S/C24H27N5O/c1-18-22(19(2)29(27-18)16-20-9-4-3-5-10-20)15-25-26-24(30)17-28-14-8-12-21-11-6-7-13-23(21)28/h3-7,9-11,13,15H,8,12,14,16-17H2,1-2H3,(H,26,30)/b25-15+. The number of hydrazone groups is 1. The summed E-state index contributed by atoms with van der Waals surface area (Å²) in [4.78, 5) is 14.6. The van der Waals surface area contributed by atoms with Gasteiger partial charge in [0.25, 0.3) is 5.91 Å². The van der Waals surface area contributed by atoms with Crippen LogP contribution in [0, 0.1) is 13.8 Å². The average molecular weight is 402 g/mol. The lowest BCUT2D eigenvalue weighted by Crippen LogP contribution is -2.38. The predicted molar refractivity (Wildman–Crippen MR) is 120 cm³/mol. The summed E-state index contributed by atoms with van der Waals surface area (Å²) >= 11 is 0. The third kappa shape index (κ3) is 4.43. The first-order valence-electron chi connectivity index (χ1n) is 10.3. The van der Waals surface area contributed by atoms with Crippen LogP contribution in [-0.2, 0) is 17.8 Å².